The molecule has 3 aliphatic rings. The van der Waals surface area contributed by atoms with Gasteiger partial charge in [-0.15, -0.1) is 0 Å². The van der Waals surface area contributed by atoms with Crippen molar-refractivity contribution in [3.63, 3.8) is 0 Å². The van der Waals surface area contributed by atoms with Crippen LogP contribution in [0, 0.1) is 6.92 Å². The zero-order valence-electron chi connectivity index (χ0n) is 20.6. The lowest BCUT2D eigenvalue weighted by atomic mass is 9.92. The van der Waals surface area contributed by atoms with Crippen molar-refractivity contribution < 1.29 is 14.6 Å². The number of ether oxygens (including phenoxy) is 1. The minimum absolute atomic E-state index is 0.156. The van der Waals surface area contributed by atoms with E-state index in [1.54, 1.807) is 0 Å². The zero-order chi connectivity index (χ0) is 25.2. The molecule has 3 aliphatic heterocycles. The van der Waals surface area contributed by atoms with Crippen LogP contribution in [-0.4, -0.2) is 75.0 Å². The van der Waals surface area contributed by atoms with Gasteiger partial charge in [-0.2, -0.15) is 5.10 Å². The second-order valence-electron chi connectivity index (χ2n) is 10.0. The van der Waals surface area contributed by atoms with Gasteiger partial charge >= 0.3 is 6.09 Å². The Hall–Kier alpha value is -3.46. The van der Waals surface area contributed by atoms with Crippen molar-refractivity contribution >= 4 is 40.1 Å². The van der Waals surface area contributed by atoms with Gasteiger partial charge in [0.05, 0.1) is 34.0 Å². The number of hydrogen-bond acceptors (Lipinski definition) is 6. The Morgan fingerprint density at radius 3 is 2.94 bits per heavy atom. The number of nitrogens with one attached hydrogen (secondary N) is 2. The fraction of sp³-hybridized carbons (Fsp3) is 0.423. The van der Waals surface area contributed by atoms with Gasteiger partial charge in [-0.3, -0.25) is 5.10 Å². The highest BCUT2D eigenvalue weighted by molar-refractivity contribution is 6.36. The molecule has 4 heterocycles. The van der Waals surface area contributed by atoms with Crippen molar-refractivity contribution in [2.75, 3.05) is 31.6 Å². The van der Waals surface area contributed by atoms with Gasteiger partial charge < -0.3 is 25.0 Å². The van der Waals surface area contributed by atoms with Gasteiger partial charge in [0.1, 0.15) is 18.1 Å². The molecule has 1 unspecified atom stereocenters. The average molecular weight is 509 g/mol. The third-order valence-electron chi connectivity index (χ3n) is 7.49. The molecule has 3 aromatic rings. The van der Waals surface area contributed by atoms with Crippen LogP contribution in [0.3, 0.4) is 0 Å². The summed E-state index contributed by atoms with van der Waals surface area (Å²) in [5, 5.41) is 22.1. The summed E-state index contributed by atoms with van der Waals surface area (Å²) in [6, 6.07) is 6.03. The topological polar surface area (TPSA) is 106 Å². The molecule has 1 saturated heterocycles. The predicted molar refractivity (Wildman–Crippen MR) is 140 cm³/mol. The molecule has 2 aromatic carbocycles. The molecule has 0 bridgehead atoms. The normalized spacial score (nSPS) is 22.8. The number of H-pyrrole nitrogens is 1. The molecule has 6 rings (SSSR count). The zero-order valence-corrected chi connectivity index (χ0v) is 21.3. The molecule has 2 atom stereocenters. The number of piperazine rings is 1. The molecule has 36 heavy (non-hydrogen) atoms. The molecule has 3 N–H and O–H groups in total. The molecule has 1 aromatic heterocycles. The summed E-state index contributed by atoms with van der Waals surface area (Å²) in [7, 11) is 0. The van der Waals surface area contributed by atoms with Gasteiger partial charge in [-0.1, -0.05) is 31.0 Å². The number of aryl methyl sites for hydroxylation is 1. The Morgan fingerprint density at radius 1 is 1.33 bits per heavy atom. The quantitative estimate of drug-likeness (QED) is 0.463. The van der Waals surface area contributed by atoms with Crippen LogP contribution >= 0.6 is 11.6 Å². The predicted octanol–water partition coefficient (Wildman–Crippen LogP) is 4.94. The first kappa shape index (κ1) is 23.0. The first-order chi connectivity index (χ1) is 17.3. The average Bonchev–Trinajstić information content (AvgIpc) is 3.25. The maximum atomic E-state index is 11.7. The van der Waals surface area contributed by atoms with E-state index in [0.29, 0.717) is 37.0 Å². The van der Waals surface area contributed by atoms with Gasteiger partial charge in [0.2, 0.25) is 0 Å². The van der Waals surface area contributed by atoms with Gasteiger partial charge in [0.25, 0.3) is 0 Å². The van der Waals surface area contributed by atoms with E-state index in [9.17, 15) is 9.90 Å². The number of fused-ring (bicyclic) bond motifs is 3. The van der Waals surface area contributed by atoms with E-state index in [1.807, 2.05) is 12.3 Å². The van der Waals surface area contributed by atoms with Crippen molar-refractivity contribution in [3.8, 4) is 16.9 Å². The van der Waals surface area contributed by atoms with Crippen LogP contribution in [-0.2, 0) is 0 Å². The summed E-state index contributed by atoms with van der Waals surface area (Å²) in [6.45, 7) is 7.96. The van der Waals surface area contributed by atoms with Crippen LogP contribution in [0.1, 0.15) is 37.8 Å². The summed E-state index contributed by atoms with van der Waals surface area (Å²) >= 11 is 7.14. The lowest BCUT2D eigenvalue weighted by molar-refractivity contribution is 0.0846. The van der Waals surface area contributed by atoms with E-state index in [1.165, 1.54) is 4.90 Å². The van der Waals surface area contributed by atoms with Gasteiger partial charge in [-0.05, 0) is 43.5 Å². The monoisotopic (exact) mass is 508 g/mol. The summed E-state index contributed by atoms with van der Waals surface area (Å²) in [5.74, 6) is 1.42. The fourth-order valence-corrected chi connectivity index (χ4v) is 6.11. The van der Waals surface area contributed by atoms with Gasteiger partial charge in [-0.25, -0.2) is 9.79 Å². The van der Waals surface area contributed by atoms with E-state index in [-0.39, 0.29) is 6.04 Å². The van der Waals surface area contributed by atoms with Crippen LogP contribution in [0.25, 0.3) is 22.0 Å². The van der Waals surface area contributed by atoms with Crippen LogP contribution in [0.5, 0.6) is 5.75 Å². The Morgan fingerprint density at radius 2 is 2.17 bits per heavy atom. The maximum absolute atomic E-state index is 11.7. The van der Waals surface area contributed by atoms with E-state index < -0.39 is 11.8 Å². The molecular formula is C26H29ClN6O3. The standard InChI is InChI=1S/C26H29ClN6O3/c1-4-7-26(3)29-19-10-16(20-14(2)5-6-18-17(20)11-28-31-18)22(27)23-21(19)24(30-26)33-9-8-32(25(34)35)12-15(33)13-36-23/h5-6,10-11,15,29H,4,7-9,12-13H2,1-3H3,(H,28,31)(H,34,35)/t15-,26?/m0/s1. The van der Waals surface area contributed by atoms with E-state index >= 15 is 0 Å². The Labute approximate surface area is 214 Å². The fourth-order valence-electron chi connectivity index (χ4n) is 5.81. The number of aliphatic imine (C=N–C) groups is 1. The largest absolute Gasteiger partial charge is 0.489 e. The third-order valence-corrected chi connectivity index (χ3v) is 7.86. The molecule has 0 saturated carbocycles. The first-order valence-corrected chi connectivity index (χ1v) is 12.7. The molecule has 9 nitrogen and oxygen atoms in total. The Balaban J connectivity index is 1.57. The number of benzene rings is 2. The van der Waals surface area contributed by atoms with E-state index in [2.05, 4.69) is 53.3 Å². The van der Waals surface area contributed by atoms with Crippen molar-refractivity contribution in [2.24, 2.45) is 4.99 Å². The maximum Gasteiger partial charge on any atom is 0.407 e. The molecule has 188 valence electrons. The van der Waals surface area contributed by atoms with E-state index in [0.717, 1.165) is 57.5 Å². The number of aromatic amines is 1. The van der Waals surface area contributed by atoms with Crippen LogP contribution in [0.4, 0.5) is 10.5 Å². The molecule has 1 fully saturated rings. The van der Waals surface area contributed by atoms with Crippen LogP contribution < -0.4 is 10.1 Å². The Bertz CT molecular complexity index is 1420. The number of halogens is 1. The number of rotatable bonds is 3. The molecule has 0 aliphatic carbocycles. The highest BCUT2D eigenvalue weighted by Gasteiger charge is 2.42. The molecule has 0 radical (unpaired) electrons. The number of nitrogens with zero attached hydrogens (tertiary/aromatic N) is 4. The van der Waals surface area contributed by atoms with Gasteiger partial charge in [0, 0.05) is 30.6 Å². The number of anilines is 1. The highest BCUT2D eigenvalue weighted by atomic mass is 35.5. The number of hydrogen-bond donors (Lipinski definition) is 3. The van der Waals surface area contributed by atoms with Gasteiger partial charge in [0.15, 0.2) is 5.75 Å². The number of aromatic nitrogens is 2. The number of amidine groups is 1. The van der Waals surface area contributed by atoms with E-state index in [4.69, 9.17) is 21.3 Å². The Kier molecular flexibility index (Phi) is 5.29. The summed E-state index contributed by atoms with van der Waals surface area (Å²) in [4.78, 5) is 20.6. The molecule has 0 spiro atoms. The summed E-state index contributed by atoms with van der Waals surface area (Å²) in [5.41, 5.74) is 5.17. The van der Waals surface area contributed by atoms with Crippen LogP contribution in [0.15, 0.2) is 29.4 Å². The molecular weight excluding hydrogens is 480 g/mol. The second-order valence-corrected chi connectivity index (χ2v) is 10.4. The highest BCUT2D eigenvalue weighted by Crippen LogP contribution is 2.49. The minimum Gasteiger partial charge on any atom is -0.489 e. The number of carboxylic acid groups (broad SMARTS) is 1. The lowest BCUT2D eigenvalue weighted by Crippen LogP contribution is -2.58. The van der Waals surface area contributed by atoms with Crippen molar-refractivity contribution in [1.82, 2.24) is 20.0 Å². The number of carbonyl (C=O) groups is 1. The van der Waals surface area contributed by atoms with Crippen molar-refractivity contribution in [3.05, 3.63) is 40.5 Å². The lowest BCUT2D eigenvalue weighted by Gasteiger charge is -2.43. The molecule has 10 heteroatoms. The first-order valence-electron chi connectivity index (χ1n) is 12.3. The molecule has 1 amide bonds. The van der Waals surface area contributed by atoms with Crippen molar-refractivity contribution in [1.29, 1.82) is 0 Å². The minimum atomic E-state index is -0.913. The summed E-state index contributed by atoms with van der Waals surface area (Å²) in [6.07, 6.45) is 2.72. The third kappa shape index (κ3) is 3.48. The SMILES string of the molecule is CCCC1(C)N=C2c3c(cc(-c4c(C)ccc5[nH]ncc45)c(Cl)c3OC[C@@H]3CN(C(=O)O)CCN23)N1. The van der Waals surface area contributed by atoms with Crippen molar-refractivity contribution in [2.45, 2.75) is 45.3 Å². The second kappa shape index (κ2) is 8.30. The van der Waals surface area contributed by atoms with Crippen LogP contribution in [0.2, 0.25) is 5.02 Å². The number of amides is 1. The summed E-state index contributed by atoms with van der Waals surface area (Å²) < 4.78 is 6.41. The smallest absolute Gasteiger partial charge is 0.407 e.